The SMILES string of the molecule is CCCCN(CCCC)CCCC.CCCCN(CCCC)CCCC.O=C(O)C=CC(=O)O. The van der Waals surface area contributed by atoms with Crippen molar-refractivity contribution in [1.82, 2.24) is 9.80 Å². The van der Waals surface area contributed by atoms with Gasteiger partial charge in [-0.1, -0.05) is 80.1 Å². The highest BCUT2D eigenvalue weighted by Crippen LogP contribution is 2.02. The second-order valence-corrected chi connectivity index (χ2v) is 8.81. The average molecular weight is 487 g/mol. The van der Waals surface area contributed by atoms with Crippen LogP contribution in [0.5, 0.6) is 0 Å². The zero-order chi connectivity index (χ0) is 26.5. The van der Waals surface area contributed by atoms with E-state index in [0.29, 0.717) is 12.2 Å². The number of nitrogens with zero attached hydrogens (tertiary/aromatic N) is 2. The van der Waals surface area contributed by atoms with Gasteiger partial charge in [0.05, 0.1) is 0 Å². The van der Waals surface area contributed by atoms with Crippen LogP contribution in [0.1, 0.15) is 119 Å². The first kappa shape index (κ1) is 37.2. The molecule has 0 aromatic rings. The predicted octanol–water partition coefficient (Wildman–Crippen LogP) is 7.09. The fraction of sp³-hybridized carbons (Fsp3) is 0.857. The van der Waals surface area contributed by atoms with E-state index in [1.165, 1.54) is 116 Å². The van der Waals surface area contributed by atoms with Crippen LogP contribution in [-0.4, -0.2) is 71.2 Å². The van der Waals surface area contributed by atoms with Crippen molar-refractivity contribution in [1.29, 1.82) is 0 Å². The molecule has 0 atom stereocenters. The summed E-state index contributed by atoms with van der Waals surface area (Å²) in [5.41, 5.74) is 0. The van der Waals surface area contributed by atoms with E-state index in [0.717, 1.165) is 0 Å². The van der Waals surface area contributed by atoms with E-state index >= 15 is 0 Å². The summed E-state index contributed by atoms with van der Waals surface area (Å²) in [4.78, 5) is 24.4. The summed E-state index contributed by atoms with van der Waals surface area (Å²) >= 11 is 0. The molecule has 0 aliphatic carbocycles. The van der Waals surface area contributed by atoms with Crippen LogP contribution in [-0.2, 0) is 9.59 Å². The Bertz CT molecular complexity index is 378. The van der Waals surface area contributed by atoms with Gasteiger partial charge in [-0.25, -0.2) is 9.59 Å². The second-order valence-electron chi connectivity index (χ2n) is 8.81. The van der Waals surface area contributed by atoms with Crippen LogP contribution >= 0.6 is 0 Å². The zero-order valence-corrected chi connectivity index (χ0v) is 23.5. The molecular formula is C28H58N2O4. The van der Waals surface area contributed by atoms with Gasteiger partial charge >= 0.3 is 11.9 Å². The molecule has 6 heteroatoms. The third-order valence-corrected chi connectivity index (χ3v) is 5.34. The standard InChI is InChI=1S/2C12H27N.C4H4O4/c2*1-4-7-10-13(11-8-5-2)12-9-6-3;5-3(6)1-2-4(7)8/h2*4-12H2,1-3H3;1-2H,(H,5,6)(H,7,8). The average Bonchev–Trinajstić information content (AvgIpc) is 2.82. The zero-order valence-electron chi connectivity index (χ0n) is 23.5. The van der Waals surface area contributed by atoms with Gasteiger partial charge in [0.2, 0.25) is 0 Å². The Morgan fingerprint density at radius 2 is 0.647 bits per heavy atom. The Morgan fingerprint density at radius 1 is 0.471 bits per heavy atom. The van der Waals surface area contributed by atoms with E-state index in [4.69, 9.17) is 10.2 Å². The van der Waals surface area contributed by atoms with Gasteiger partial charge in [-0.2, -0.15) is 0 Å². The van der Waals surface area contributed by atoms with Gasteiger partial charge in [0.25, 0.3) is 0 Å². The molecule has 0 saturated heterocycles. The number of carbonyl (C=O) groups is 2. The number of aliphatic carboxylic acids is 2. The van der Waals surface area contributed by atoms with Crippen LogP contribution in [0.25, 0.3) is 0 Å². The molecule has 0 radical (unpaired) electrons. The van der Waals surface area contributed by atoms with Gasteiger partial charge in [-0.05, 0) is 77.8 Å². The summed E-state index contributed by atoms with van der Waals surface area (Å²) in [5, 5.41) is 15.6. The van der Waals surface area contributed by atoms with Crippen molar-refractivity contribution in [3.05, 3.63) is 12.2 Å². The highest BCUT2D eigenvalue weighted by molar-refractivity contribution is 5.89. The highest BCUT2D eigenvalue weighted by Gasteiger charge is 2.02. The van der Waals surface area contributed by atoms with Gasteiger partial charge in [0.15, 0.2) is 0 Å². The number of hydrogen-bond acceptors (Lipinski definition) is 4. The van der Waals surface area contributed by atoms with Crippen LogP contribution < -0.4 is 0 Å². The van der Waals surface area contributed by atoms with Crippen molar-refractivity contribution in [2.75, 3.05) is 39.3 Å². The van der Waals surface area contributed by atoms with Crippen LogP contribution in [0.3, 0.4) is 0 Å². The number of carboxylic acid groups (broad SMARTS) is 2. The lowest BCUT2D eigenvalue weighted by molar-refractivity contribution is -0.134. The second kappa shape index (κ2) is 31.6. The monoisotopic (exact) mass is 486 g/mol. The minimum atomic E-state index is -1.26. The quantitative estimate of drug-likeness (QED) is 0.179. The van der Waals surface area contributed by atoms with Crippen molar-refractivity contribution >= 4 is 11.9 Å². The van der Waals surface area contributed by atoms with Crippen molar-refractivity contribution < 1.29 is 19.8 Å². The molecule has 0 spiro atoms. The molecule has 34 heavy (non-hydrogen) atoms. The predicted molar refractivity (Wildman–Crippen MR) is 147 cm³/mol. The number of hydrogen-bond donors (Lipinski definition) is 2. The molecule has 0 saturated carbocycles. The molecule has 0 aliphatic rings. The Morgan fingerprint density at radius 3 is 0.765 bits per heavy atom. The summed E-state index contributed by atoms with van der Waals surface area (Å²) in [6, 6.07) is 0. The van der Waals surface area contributed by atoms with E-state index in [-0.39, 0.29) is 0 Å². The summed E-state index contributed by atoms with van der Waals surface area (Å²) in [7, 11) is 0. The lowest BCUT2D eigenvalue weighted by Crippen LogP contribution is -2.27. The summed E-state index contributed by atoms with van der Waals surface area (Å²) in [6.07, 6.45) is 17.3. The topological polar surface area (TPSA) is 81.1 Å². The van der Waals surface area contributed by atoms with E-state index in [9.17, 15) is 9.59 Å². The lowest BCUT2D eigenvalue weighted by atomic mass is 10.2. The molecule has 0 aromatic carbocycles. The Labute approximate surface area is 211 Å². The minimum absolute atomic E-state index is 0.558. The molecule has 0 aliphatic heterocycles. The Balaban J connectivity index is -0.000000438. The third-order valence-electron chi connectivity index (χ3n) is 5.34. The van der Waals surface area contributed by atoms with E-state index in [1.807, 2.05) is 0 Å². The summed E-state index contributed by atoms with van der Waals surface area (Å²) in [6.45, 7) is 21.5. The van der Waals surface area contributed by atoms with Crippen LogP contribution in [0.2, 0.25) is 0 Å². The van der Waals surface area contributed by atoms with E-state index in [2.05, 4.69) is 51.3 Å². The fourth-order valence-electron chi connectivity index (χ4n) is 3.10. The highest BCUT2D eigenvalue weighted by atomic mass is 16.4. The van der Waals surface area contributed by atoms with Crippen LogP contribution in [0.15, 0.2) is 12.2 Å². The van der Waals surface area contributed by atoms with Crippen molar-refractivity contribution in [3.63, 3.8) is 0 Å². The largest absolute Gasteiger partial charge is 0.478 e. The van der Waals surface area contributed by atoms with Crippen LogP contribution in [0, 0.1) is 0 Å². The lowest BCUT2D eigenvalue weighted by Gasteiger charge is -2.21. The summed E-state index contributed by atoms with van der Waals surface area (Å²) < 4.78 is 0. The van der Waals surface area contributed by atoms with Gasteiger partial charge in [-0.3, -0.25) is 0 Å². The van der Waals surface area contributed by atoms with E-state index < -0.39 is 11.9 Å². The van der Waals surface area contributed by atoms with Crippen molar-refractivity contribution in [3.8, 4) is 0 Å². The normalized spacial score (nSPS) is 10.7. The Kier molecular flexibility index (Phi) is 34.5. The third kappa shape index (κ3) is 35.2. The maximum atomic E-state index is 9.55. The number of unbranched alkanes of at least 4 members (excludes halogenated alkanes) is 6. The molecule has 6 nitrogen and oxygen atoms in total. The maximum Gasteiger partial charge on any atom is 0.328 e. The van der Waals surface area contributed by atoms with Gasteiger partial charge < -0.3 is 20.0 Å². The molecule has 204 valence electrons. The fourth-order valence-corrected chi connectivity index (χ4v) is 3.10. The molecular weight excluding hydrogens is 428 g/mol. The molecule has 0 fully saturated rings. The van der Waals surface area contributed by atoms with Crippen LogP contribution in [0.4, 0.5) is 0 Å². The Hall–Kier alpha value is -1.40. The first-order valence-corrected chi connectivity index (χ1v) is 13.9. The molecule has 0 heterocycles. The first-order valence-electron chi connectivity index (χ1n) is 13.9. The molecule has 0 rings (SSSR count). The van der Waals surface area contributed by atoms with Gasteiger partial charge in [0.1, 0.15) is 0 Å². The van der Waals surface area contributed by atoms with Crippen molar-refractivity contribution in [2.24, 2.45) is 0 Å². The summed E-state index contributed by atoms with van der Waals surface area (Å²) in [5.74, 6) is -2.51. The molecule has 0 bridgehead atoms. The van der Waals surface area contributed by atoms with Gasteiger partial charge in [0, 0.05) is 12.2 Å². The van der Waals surface area contributed by atoms with Gasteiger partial charge in [-0.15, -0.1) is 0 Å². The number of carboxylic acids is 2. The minimum Gasteiger partial charge on any atom is -0.478 e. The molecule has 0 amide bonds. The van der Waals surface area contributed by atoms with E-state index in [1.54, 1.807) is 0 Å². The molecule has 2 N–H and O–H groups in total. The molecule has 0 unspecified atom stereocenters. The molecule has 0 aromatic heterocycles. The maximum absolute atomic E-state index is 9.55. The number of rotatable bonds is 20. The first-order chi connectivity index (χ1) is 16.3. The van der Waals surface area contributed by atoms with Crippen molar-refractivity contribution in [2.45, 2.75) is 119 Å². The smallest absolute Gasteiger partial charge is 0.328 e.